The summed E-state index contributed by atoms with van der Waals surface area (Å²) in [5.41, 5.74) is 0. The van der Waals surface area contributed by atoms with Crippen LogP contribution in [0.2, 0.25) is 0 Å². The van der Waals surface area contributed by atoms with Gasteiger partial charge in [-0.15, -0.1) is 0 Å². The molecule has 0 radical (unpaired) electrons. The molecule has 0 aromatic heterocycles. The highest BCUT2D eigenvalue weighted by Gasteiger charge is 2.40. The number of rotatable bonds is 0. The number of sulfone groups is 1. The summed E-state index contributed by atoms with van der Waals surface area (Å²) in [5.74, 6) is 0.665. The van der Waals surface area contributed by atoms with Gasteiger partial charge in [0.05, 0.1) is 11.0 Å². The third-order valence-corrected chi connectivity index (χ3v) is 5.99. The highest BCUT2D eigenvalue weighted by atomic mass is 32.2. The van der Waals surface area contributed by atoms with Crippen LogP contribution in [0.4, 0.5) is 0 Å². The monoisotopic (exact) mass is 217 g/mol. The van der Waals surface area contributed by atoms with Crippen LogP contribution in [0.1, 0.15) is 32.6 Å². The largest absolute Gasteiger partial charge is 0.312 e. The molecule has 3 nitrogen and oxygen atoms in total. The van der Waals surface area contributed by atoms with Gasteiger partial charge in [0.1, 0.15) is 0 Å². The van der Waals surface area contributed by atoms with Crippen LogP contribution in [0.15, 0.2) is 0 Å². The molecule has 2 rings (SSSR count). The van der Waals surface area contributed by atoms with Gasteiger partial charge in [-0.05, 0) is 18.8 Å². The molecule has 0 aromatic carbocycles. The van der Waals surface area contributed by atoms with E-state index >= 15 is 0 Å². The first-order valence-electron chi connectivity index (χ1n) is 5.56. The van der Waals surface area contributed by atoms with Crippen molar-refractivity contribution in [3.05, 3.63) is 0 Å². The first kappa shape index (κ1) is 10.4. The summed E-state index contributed by atoms with van der Waals surface area (Å²) in [4.78, 5) is 0. The van der Waals surface area contributed by atoms with Crippen molar-refractivity contribution >= 4 is 9.84 Å². The Labute approximate surface area is 86.2 Å². The van der Waals surface area contributed by atoms with E-state index in [-0.39, 0.29) is 11.3 Å². The predicted molar refractivity (Wildman–Crippen MR) is 57.0 cm³/mol. The van der Waals surface area contributed by atoms with Crippen molar-refractivity contribution in [2.45, 2.75) is 43.9 Å². The van der Waals surface area contributed by atoms with Gasteiger partial charge in [0.15, 0.2) is 9.84 Å². The lowest BCUT2D eigenvalue weighted by atomic mass is 9.99. The molecule has 4 heteroatoms. The van der Waals surface area contributed by atoms with Crippen LogP contribution in [0, 0.1) is 5.92 Å². The van der Waals surface area contributed by atoms with E-state index in [0.29, 0.717) is 18.2 Å². The van der Waals surface area contributed by atoms with E-state index in [1.165, 1.54) is 12.8 Å². The van der Waals surface area contributed by atoms with Gasteiger partial charge in [0.2, 0.25) is 0 Å². The lowest BCUT2D eigenvalue weighted by molar-refractivity contribution is 0.389. The highest BCUT2D eigenvalue weighted by molar-refractivity contribution is 7.92. The lowest BCUT2D eigenvalue weighted by Crippen LogP contribution is -2.54. The van der Waals surface area contributed by atoms with Crippen LogP contribution in [0.5, 0.6) is 0 Å². The van der Waals surface area contributed by atoms with E-state index in [2.05, 4.69) is 12.2 Å². The molecule has 0 aromatic rings. The second kappa shape index (κ2) is 3.81. The molecule has 2 fully saturated rings. The van der Waals surface area contributed by atoms with Crippen LogP contribution < -0.4 is 5.32 Å². The van der Waals surface area contributed by atoms with Crippen LogP contribution in [-0.4, -0.2) is 32.0 Å². The molecule has 1 unspecified atom stereocenters. The van der Waals surface area contributed by atoms with Crippen molar-refractivity contribution < 1.29 is 8.42 Å². The molecule has 2 aliphatic rings. The third-order valence-electron chi connectivity index (χ3n) is 3.59. The predicted octanol–water partition coefficient (Wildman–Crippen LogP) is 0.952. The summed E-state index contributed by atoms with van der Waals surface area (Å²) >= 11 is 0. The summed E-state index contributed by atoms with van der Waals surface area (Å²) < 4.78 is 23.9. The highest BCUT2D eigenvalue weighted by Crippen LogP contribution is 2.30. The van der Waals surface area contributed by atoms with E-state index in [9.17, 15) is 8.42 Å². The fourth-order valence-electron chi connectivity index (χ4n) is 2.90. The lowest BCUT2D eigenvalue weighted by Gasteiger charge is -2.34. The quantitative estimate of drug-likeness (QED) is 0.657. The van der Waals surface area contributed by atoms with Gasteiger partial charge in [-0.25, -0.2) is 8.42 Å². The van der Waals surface area contributed by atoms with Crippen LogP contribution >= 0.6 is 0 Å². The standard InChI is InChI=1S/C10H19NO2S/c1-8-4-2-3-5-9-10(8)14(12,13)7-6-11-9/h8-11H,2-7H2,1H3/t8?,9-,10+/m0/s1. The molecule has 0 amide bonds. The Kier molecular flexibility index (Phi) is 2.84. The number of fused-ring (bicyclic) bond motifs is 1. The van der Waals surface area contributed by atoms with E-state index in [1.807, 2.05) is 0 Å². The van der Waals surface area contributed by atoms with Gasteiger partial charge in [0.25, 0.3) is 0 Å². The first-order chi connectivity index (χ1) is 6.61. The normalized spacial score (nSPS) is 42.5. The Morgan fingerprint density at radius 1 is 1.21 bits per heavy atom. The van der Waals surface area contributed by atoms with Crippen molar-refractivity contribution in [3.63, 3.8) is 0 Å². The summed E-state index contributed by atoms with van der Waals surface area (Å²) in [5, 5.41) is 3.26. The molecule has 1 heterocycles. The maximum absolute atomic E-state index is 11.9. The van der Waals surface area contributed by atoms with Gasteiger partial charge in [0, 0.05) is 12.6 Å². The number of nitrogens with one attached hydrogen (secondary N) is 1. The van der Waals surface area contributed by atoms with Crippen LogP contribution in [0.3, 0.4) is 0 Å². The molecule has 3 atom stereocenters. The maximum atomic E-state index is 11.9. The van der Waals surface area contributed by atoms with E-state index in [1.54, 1.807) is 0 Å². The van der Waals surface area contributed by atoms with E-state index in [4.69, 9.17) is 0 Å². The molecule has 0 spiro atoms. The average molecular weight is 217 g/mol. The van der Waals surface area contributed by atoms with Crippen LogP contribution in [-0.2, 0) is 9.84 Å². The van der Waals surface area contributed by atoms with Crippen molar-refractivity contribution in [1.29, 1.82) is 0 Å². The minimum Gasteiger partial charge on any atom is -0.312 e. The Morgan fingerprint density at radius 3 is 2.71 bits per heavy atom. The summed E-state index contributed by atoms with van der Waals surface area (Å²) in [6, 6.07) is 0.228. The SMILES string of the molecule is CC1CCCC[C@@H]2NCCS(=O)(=O)[C@H]12. The smallest absolute Gasteiger partial charge is 0.156 e. The Morgan fingerprint density at radius 2 is 1.93 bits per heavy atom. The second-order valence-electron chi connectivity index (χ2n) is 4.65. The zero-order valence-electron chi connectivity index (χ0n) is 8.70. The van der Waals surface area contributed by atoms with Crippen molar-refractivity contribution in [2.75, 3.05) is 12.3 Å². The van der Waals surface area contributed by atoms with Crippen LogP contribution in [0.25, 0.3) is 0 Å². The zero-order chi connectivity index (χ0) is 10.2. The maximum Gasteiger partial charge on any atom is 0.156 e. The molecule has 0 bridgehead atoms. The van der Waals surface area contributed by atoms with Gasteiger partial charge in [-0.1, -0.05) is 19.8 Å². The fraction of sp³-hybridized carbons (Fsp3) is 1.00. The number of hydrogen-bond acceptors (Lipinski definition) is 3. The molecule has 14 heavy (non-hydrogen) atoms. The molecule has 1 saturated heterocycles. The number of hydrogen-bond donors (Lipinski definition) is 1. The molecule has 82 valence electrons. The summed E-state index contributed by atoms with van der Waals surface area (Å²) in [6.07, 6.45) is 4.47. The van der Waals surface area contributed by atoms with Gasteiger partial charge in [-0.3, -0.25) is 0 Å². The summed E-state index contributed by atoms with van der Waals surface area (Å²) in [6.45, 7) is 2.74. The first-order valence-corrected chi connectivity index (χ1v) is 7.28. The Hall–Kier alpha value is -0.0900. The van der Waals surface area contributed by atoms with Gasteiger partial charge in [-0.2, -0.15) is 0 Å². The van der Waals surface area contributed by atoms with E-state index in [0.717, 1.165) is 12.8 Å². The molecule has 1 saturated carbocycles. The molecular formula is C10H19NO2S. The van der Waals surface area contributed by atoms with E-state index < -0.39 is 9.84 Å². The minimum absolute atomic E-state index is 0.112. The molecule has 1 N–H and O–H groups in total. The Balaban J connectivity index is 2.27. The summed E-state index contributed by atoms with van der Waals surface area (Å²) in [7, 11) is -2.82. The van der Waals surface area contributed by atoms with Crippen molar-refractivity contribution in [3.8, 4) is 0 Å². The molecular weight excluding hydrogens is 198 g/mol. The molecule has 1 aliphatic heterocycles. The van der Waals surface area contributed by atoms with Crippen molar-refractivity contribution in [1.82, 2.24) is 5.32 Å². The average Bonchev–Trinajstić information content (AvgIpc) is 2.27. The molecule has 1 aliphatic carbocycles. The topological polar surface area (TPSA) is 46.2 Å². The minimum atomic E-state index is -2.82. The van der Waals surface area contributed by atoms with Gasteiger partial charge < -0.3 is 5.32 Å². The van der Waals surface area contributed by atoms with Gasteiger partial charge >= 0.3 is 0 Å². The fourth-order valence-corrected chi connectivity index (χ4v) is 5.15. The Bertz CT molecular complexity index is 299. The van der Waals surface area contributed by atoms with Crippen molar-refractivity contribution in [2.24, 2.45) is 5.92 Å². The zero-order valence-corrected chi connectivity index (χ0v) is 9.52. The third kappa shape index (κ3) is 1.82. The second-order valence-corrected chi connectivity index (χ2v) is 6.93.